The zero-order valence-corrected chi connectivity index (χ0v) is 11.8. The van der Waals surface area contributed by atoms with E-state index in [0.717, 1.165) is 35.0 Å². The molecule has 1 N–H and O–H groups in total. The van der Waals surface area contributed by atoms with Gasteiger partial charge in [-0.25, -0.2) is 0 Å². The Hall–Kier alpha value is -2.31. The molecule has 0 aliphatic rings. The van der Waals surface area contributed by atoms with Crippen LogP contribution in [-0.4, -0.2) is 6.54 Å². The molecule has 3 aromatic rings. The third kappa shape index (κ3) is 2.52. The van der Waals surface area contributed by atoms with E-state index in [0.29, 0.717) is 0 Å². The summed E-state index contributed by atoms with van der Waals surface area (Å²) in [5.74, 6) is 0. The van der Waals surface area contributed by atoms with Gasteiger partial charge in [0.05, 0.1) is 11.6 Å². The number of anilines is 1. The van der Waals surface area contributed by atoms with Crippen LogP contribution in [0, 0.1) is 11.3 Å². The number of nitrogens with one attached hydrogen (secondary N) is 1. The van der Waals surface area contributed by atoms with Gasteiger partial charge < -0.3 is 5.32 Å². The molecule has 0 amide bonds. The number of fused-ring (bicyclic) bond motifs is 1. The van der Waals surface area contributed by atoms with Crippen LogP contribution in [0.4, 0.5) is 5.69 Å². The summed E-state index contributed by atoms with van der Waals surface area (Å²) in [7, 11) is 0. The fourth-order valence-electron chi connectivity index (χ4n) is 2.33. The topological polar surface area (TPSA) is 35.8 Å². The quantitative estimate of drug-likeness (QED) is 0.766. The molecule has 0 fully saturated rings. The maximum absolute atomic E-state index is 9.16. The number of thiophene rings is 1. The van der Waals surface area contributed by atoms with Gasteiger partial charge in [-0.3, -0.25) is 0 Å². The third-order valence-electron chi connectivity index (χ3n) is 3.35. The zero-order valence-electron chi connectivity index (χ0n) is 11.0. The van der Waals surface area contributed by atoms with Gasteiger partial charge in [-0.05, 0) is 40.9 Å². The van der Waals surface area contributed by atoms with E-state index in [4.69, 9.17) is 5.26 Å². The molecule has 0 spiro atoms. The van der Waals surface area contributed by atoms with Crippen LogP contribution in [0.1, 0.15) is 11.1 Å². The van der Waals surface area contributed by atoms with Crippen LogP contribution in [0.25, 0.3) is 10.8 Å². The summed E-state index contributed by atoms with van der Waals surface area (Å²) < 4.78 is 0. The van der Waals surface area contributed by atoms with E-state index in [2.05, 4.69) is 34.3 Å². The Labute approximate surface area is 122 Å². The first-order valence-electron chi connectivity index (χ1n) is 6.55. The lowest BCUT2D eigenvalue weighted by Gasteiger charge is -2.10. The van der Waals surface area contributed by atoms with E-state index in [1.54, 1.807) is 11.3 Å². The van der Waals surface area contributed by atoms with Crippen molar-refractivity contribution in [1.82, 2.24) is 0 Å². The van der Waals surface area contributed by atoms with E-state index in [9.17, 15) is 0 Å². The molecule has 20 heavy (non-hydrogen) atoms. The molecule has 2 aromatic carbocycles. The second kappa shape index (κ2) is 5.77. The molecule has 0 saturated heterocycles. The fourth-order valence-corrected chi connectivity index (χ4v) is 3.03. The lowest BCUT2D eigenvalue weighted by atomic mass is 10.0. The number of benzene rings is 2. The van der Waals surface area contributed by atoms with Crippen LogP contribution in [0.2, 0.25) is 0 Å². The van der Waals surface area contributed by atoms with E-state index in [1.165, 1.54) is 5.56 Å². The highest BCUT2D eigenvalue weighted by Gasteiger charge is 2.04. The van der Waals surface area contributed by atoms with Gasteiger partial charge >= 0.3 is 0 Å². The summed E-state index contributed by atoms with van der Waals surface area (Å²) in [6.07, 6.45) is 1.01. The first kappa shape index (κ1) is 12.7. The molecule has 0 aliphatic carbocycles. The van der Waals surface area contributed by atoms with Gasteiger partial charge in [0.1, 0.15) is 0 Å². The van der Waals surface area contributed by atoms with Gasteiger partial charge in [-0.15, -0.1) is 0 Å². The summed E-state index contributed by atoms with van der Waals surface area (Å²) in [6, 6.07) is 16.3. The summed E-state index contributed by atoms with van der Waals surface area (Å²) in [6.45, 7) is 0.895. The Morgan fingerprint density at radius 3 is 2.65 bits per heavy atom. The van der Waals surface area contributed by atoms with Crippen molar-refractivity contribution >= 4 is 27.8 Å². The highest BCUT2D eigenvalue weighted by atomic mass is 32.1. The van der Waals surface area contributed by atoms with Crippen molar-refractivity contribution in [1.29, 1.82) is 5.26 Å². The van der Waals surface area contributed by atoms with Crippen molar-refractivity contribution in [2.75, 3.05) is 11.9 Å². The number of hydrogen-bond acceptors (Lipinski definition) is 3. The minimum atomic E-state index is 0.726. The molecule has 3 rings (SSSR count). The minimum absolute atomic E-state index is 0.726. The third-order valence-corrected chi connectivity index (χ3v) is 4.09. The number of nitriles is 1. The summed E-state index contributed by atoms with van der Waals surface area (Å²) in [5.41, 5.74) is 3.18. The minimum Gasteiger partial charge on any atom is -0.384 e. The first-order valence-corrected chi connectivity index (χ1v) is 7.49. The average molecular weight is 278 g/mol. The smallest absolute Gasteiger partial charge is 0.0998 e. The Balaban J connectivity index is 1.83. The van der Waals surface area contributed by atoms with Crippen molar-refractivity contribution in [2.45, 2.75) is 6.42 Å². The number of hydrogen-bond donors (Lipinski definition) is 1. The van der Waals surface area contributed by atoms with Crippen LogP contribution >= 0.6 is 11.3 Å². The Morgan fingerprint density at radius 2 is 1.90 bits per heavy atom. The molecule has 1 aromatic heterocycles. The van der Waals surface area contributed by atoms with Crippen LogP contribution in [0.5, 0.6) is 0 Å². The second-order valence-electron chi connectivity index (χ2n) is 4.63. The highest BCUT2D eigenvalue weighted by molar-refractivity contribution is 7.07. The lowest BCUT2D eigenvalue weighted by Crippen LogP contribution is -2.04. The Kier molecular flexibility index (Phi) is 3.67. The van der Waals surface area contributed by atoms with Crippen molar-refractivity contribution in [2.24, 2.45) is 0 Å². The van der Waals surface area contributed by atoms with Crippen LogP contribution < -0.4 is 5.32 Å². The molecular weight excluding hydrogens is 264 g/mol. The van der Waals surface area contributed by atoms with Gasteiger partial charge in [0, 0.05) is 23.0 Å². The summed E-state index contributed by atoms with van der Waals surface area (Å²) in [4.78, 5) is 0. The molecule has 0 bridgehead atoms. The summed E-state index contributed by atoms with van der Waals surface area (Å²) >= 11 is 1.73. The predicted molar refractivity (Wildman–Crippen MR) is 85.2 cm³/mol. The van der Waals surface area contributed by atoms with E-state index < -0.39 is 0 Å². The molecule has 0 aliphatic heterocycles. The van der Waals surface area contributed by atoms with E-state index in [1.807, 2.05) is 30.3 Å². The number of nitrogens with zero attached hydrogens (tertiary/aromatic N) is 1. The van der Waals surface area contributed by atoms with E-state index >= 15 is 0 Å². The largest absolute Gasteiger partial charge is 0.384 e. The predicted octanol–water partition coefficient (Wildman–Crippen LogP) is 4.43. The molecule has 2 nitrogen and oxygen atoms in total. The SMILES string of the molecule is N#Cc1ccc(NCCc2ccsc2)c2ccccc12. The van der Waals surface area contributed by atoms with Crippen molar-refractivity contribution in [3.63, 3.8) is 0 Å². The maximum atomic E-state index is 9.16. The molecule has 3 heteroatoms. The molecule has 98 valence electrons. The van der Waals surface area contributed by atoms with Gasteiger partial charge in [-0.1, -0.05) is 24.3 Å². The summed E-state index contributed by atoms with van der Waals surface area (Å²) in [5, 5.41) is 19.0. The highest BCUT2D eigenvalue weighted by Crippen LogP contribution is 2.26. The van der Waals surface area contributed by atoms with Crippen molar-refractivity contribution in [3.8, 4) is 6.07 Å². The molecule has 1 heterocycles. The normalized spacial score (nSPS) is 10.3. The van der Waals surface area contributed by atoms with Gasteiger partial charge in [0.15, 0.2) is 0 Å². The second-order valence-corrected chi connectivity index (χ2v) is 5.41. The maximum Gasteiger partial charge on any atom is 0.0998 e. The molecule has 0 radical (unpaired) electrons. The van der Waals surface area contributed by atoms with Crippen molar-refractivity contribution < 1.29 is 0 Å². The lowest BCUT2D eigenvalue weighted by molar-refractivity contribution is 1.03. The van der Waals surface area contributed by atoms with Crippen molar-refractivity contribution in [3.05, 3.63) is 64.4 Å². The van der Waals surface area contributed by atoms with Crippen LogP contribution in [-0.2, 0) is 6.42 Å². The van der Waals surface area contributed by atoms with E-state index in [-0.39, 0.29) is 0 Å². The molecule has 0 atom stereocenters. The van der Waals surface area contributed by atoms with Crippen LogP contribution in [0.3, 0.4) is 0 Å². The van der Waals surface area contributed by atoms with Crippen LogP contribution in [0.15, 0.2) is 53.2 Å². The number of rotatable bonds is 4. The van der Waals surface area contributed by atoms with Gasteiger partial charge in [0.2, 0.25) is 0 Å². The zero-order chi connectivity index (χ0) is 13.8. The molecule has 0 saturated carbocycles. The molecule has 0 unspecified atom stereocenters. The standard InChI is InChI=1S/C17H14N2S/c18-11-14-5-6-17(16-4-2-1-3-15(14)16)19-9-7-13-8-10-20-12-13/h1-6,8,10,12,19H,7,9H2. The monoisotopic (exact) mass is 278 g/mol. The average Bonchev–Trinajstić information content (AvgIpc) is 3.01. The van der Waals surface area contributed by atoms with Gasteiger partial charge in [-0.2, -0.15) is 16.6 Å². The fraction of sp³-hybridized carbons (Fsp3) is 0.118. The molecular formula is C17H14N2S. The van der Waals surface area contributed by atoms with Gasteiger partial charge in [0.25, 0.3) is 0 Å². The Bertz CT molecular complexity index is 754. The first-order chi connectivity index (χ1) is 9.88. The Morgan fingerprint density at radius 1 is 1.05 bits per heavy atom.